The Morgan fingerprint density at radius 2 is 1.75 bits per heavy atom. The van der Waals surface area contributed by atoms with Gasteiger partial charge in [0.25, 0.3) is 0 Å². The summed E-state index contributed by atoms with van der Waals surface area (Å²) in [7, 11) is 1.76. The van der Waals surface area contributed by atoms with E-state index in [1.807, 2.05) is 39.8 Å². The first-order chi connectivity index (χ1) is 20.9. The summed E-state index contributed by atoms with van der Waals surface area (Å²) in [4.78, 5) is 54.5. The Labute approximate surface area is 259 Å². The van der Waals surface area contributed by atoms with E-state index in [1.54, 1.807) is 16.2 Å². The number of nitrogens with zero attached hydrogens (tertiary/aromatic N) is 4. The van der Waals surface area contributed by atoms with Crippen LogP contribution in [0.1, 0.15) is 72.3 Å². The molecule has 12 nitrogen and oxygen atoms in total. The lowest BCUT2D eigenvalue weighted by molar-refractivity contribution is -0.135. The van der Waals surface area contributed by atoms with Gasteiger partial charge < -0.3 is 19.7 Å². The Morgan fingerprint density at radius 3 is 2.41 bits per heavy atom. The average Bonchev–Trinajstić information content (AvgIpc) is 3.21. The van der Waals surface area contributed by atoms with Gasteiger partial charge in [0.15, 0.2) is 0 Å². The minimum Gasteiger partial charge on any atom is -0.444 e. The first-order valence-electron chi connectivity index (χ1n) is 16.0. The number of carbonyl (C=O) groups is 3. The topological polar surface area (TPSA) is 127 Å². The molecule has 1 aromatic heterocycles. The predicted molar refractivity (Wildman–Crippen MR) is 168 cm³/mol. The second kappa shape index (κ2) is 13.3. The van der Waals surface area contributed by atoms with E-state index in [2.05, 4.69) is 26.5 Å². The number of nitrogens with one attached hydrogen (secondary N) is 2. The summed E-state index contributed by atoms with van der Waals surface area (Å²) < 4.78 is 14.6. The van der Waals surface area contributed by atoms with Crippen molar-refractivity contribution in [2.24, 2.45) is 13.0 Å². The summed E-state index contributed by atoms with van der Waals surface area (Å²) in [5, 5.41) is 5.23. The fourth-order valence-corrected chi connectivity index (χ4v) is 6.75. The molecule has 0 spiro atoms. The number of hydrogen-bond acceptors (Lipinski definition) is 8. The van der Waals surface area contributed by atoms with E-state index < -0.39 is 23.6 Å². The Morgan fingerprint density at radius 1 is 1.05 bits per heavy atom. The summed E-state index contributed by atoms with van der Waals surface area (Å²) in [5.74, 6) is -0.0652. The molecule has 2 atom stereocenters. The number of fused-ring (bicyclic) bond motifs is 1. The lowest BCUT2D eigenvalue weighted by Crippen LogP contribution is -2.48. The number of imidazole rings is 1. The van der Waals surface area contributed by atoms with Crippen LogP contribution in [0.3, 0.4) is 0 Å². The number of carbonyl (C=O) groups excluding carboxylic acids is 3. The molecule has 5 rings (SSSR count). The normalized spacial score (nSPS) is 24.3. The number of para-hydroxylation sites is 1. The van der Waals surface area contributed by atoms with Crippen LogP contribution in [0.15, 0.2) is 23.0 Å². The second-order valence-electron chi connectivity index (χ2n) is 13.6. The van der Waals surface area contributed by atoms with Gasteiger partial charge >= 0.3 is 11.8 Å². The number of piperidine rings is 1. The summed E-state index contributed by atoms with van der Waals surface area (Å²) in [6.07, 6.45) is 4.69. The summed E-state index contributed by atoms with van der Waals surface area (Å²) in [5.41, 5.74) is 1.79. The third-order valence-corrected chi connectivity index (χ3v) is 8.97. The molecule has 0 radical (unpaired) electrons. The fraction of sp³-hybridized carbons (Fsp3) is 0.688. The number of aromatic nitrogens is 2. The molecule has 3 amide bonds. The number of alkyl carbamates (subject to hydrolysis) is 1. The standard InChI is InChI=1S/C32H48N6O6/c1-21(33-30(41)44-32(2,3)4)20-43-23-11-9-22(10-12-23)19-36-15-17-37(18-16-36)24-7-6-8-25-28(24)35(5)31(42)38(25)26-13-14-27(39)34-29(26)40/h6-8,21-23,26H,9-20H2,1-5H3,(H,33,41)(H,34,39,40)/t21-,22?,23?,26?/m1/s1. The Kier molecular flexibility index (Phi) is 9.69. The number of hydrogen-bond donors (Lipinski definition) is 2. The minimum atomic E-state index is -0.686. The lowest BCUT2D eigenvalue weighted by atomic mass is 9.87. The van der Waals surface area contributed by atoms with E-state index in [9.17, 15) is 19.2 Å². The van der Waals surface area contributed by atoms with Gasteiger partial charge in [-0.3, -0.25) is 28.9 Å². The maximum Gasteiger partial charge on any atom is 0.407 e. The third-order valence-electron chi connectivity index (χ3n) is 8.97. The number of rotatable bonds is 8. The maximum atomic E-state index is 13.3. The Bertz CT molecular complexity index is 1410. The Hall–Kier alpha value is -3.38. The van der Waals surface area contributed by atoms with Crippen LogP contribution < -0.4 is 21.2 Å². The van der Waals surface area contributed by atoms with Crippen molar-refractivity contribution in [3.63, 3.8) is 0 Å². The predicted octanol–water partition coefficient (Wildman–Crippen LogP) is 2.93. The molecule has 2 aliphatic heterocycles. The summed E-state index contributed by atoms with van der Waals surface area (Å²) in [6.45, 7) is 12.6. The monoisotopic (exact) mass is 612 g/mol. The van der Waals surface area contributed by atoms with Crippen molar-refractivity contribution >= 4 is 34.6 Å². The third kappa shape index (κ3) is 7.46. The van der Waals surface area contributed by atoms with Crippen LogP contribution in [-0.2, 0) is 26.1 Å². The van der Waals surface area contributed by atoms with Crippen LogP contribution >= 0.6 is 0 Å². The molecule has 3 heterocycles. The molecule has 2 aromatic rings. The van der Waals surface area contributed by atoms with Crippen molar-refractivity contribution in [2.75, 3.05) is 44.2 Å². The molecule has 242 valence electrons. The fourth-order valence-electron chi connectivity index (χ4n) is 6.75. The molecule has 1 saturated carbocycles. The van der Waals surface area contributed by atoms with E-state index in [0.717, 1.165) is 75.1 Å². The van der Waals surface area contributed by atoms with E-state index in [4.69, 9.17) is 9.47 Å². The number of piperazine rings is 1. The van der Waals surface area contributed by atoms with E-state index in [0.29, 0.717) is 18.9 Å². The highest BCUT2D eigenvalue weighted by atomic mass is 16.6. The van der Waals surface area contributed by atoms with Gasteiger partial charge in [-0.1, -0.05) is 6.07 Å². The molecule has 12 heteroatoms. The number of imide groups is 1. The van der Waals surface area contributed by atoms with Gasteiger partial charge in [0.1, 0.15) is 11.6 Å². The van der Waals surface area contributed by atoms with Crippen LogP contribution in [0.5, 0.6) is 0 Å². The molecular formula is C32H48N6O6. The molecule has 3 fully saturated rings. The van der Waals surface area contributed by atoms with Crippen LogP contribution in [0.25, 0.3) is 11.0 Å². The number of aryl methyl sites for hydroxylation is 1. The average molecular weight is 613 g/mol. The van der Waals surface area contributed by atoms with Crippen molar-refractivity contribution in [2.45, 2.75) is 90.0 Å². The largest absolute Gasteiger partial charge is 0.444 e. The highest BCUT2D eigenvalue weighted by Crippen LogP contribution is 2.31. The number of ether oxygens (including phenoxy) is 2. The van der Waals surface area contributed by atoms with E-state index in [-0.39, 0.29) is 30.2 Å². The highest BCUT2D eigenvalue weighted by Gasteiger charge is 2.33. The zero-order chi connectivity index (χ0) is 31.6. The van der Waals surface area contributed by atoms with Gasteiger partial charge in [0.05, 0.1) is 35.5 Å². The van der Waals surface area contributed by atoms with Crippen molar-refractivity contribution in [1.29, 1.82) is 0 Å². The molecule has 2 saturated heterocycles. The van der Waals surface area contributed by atoms with Crippen LogP contribution in [0, 0.1) is 5.92 Å². The molecule has 3 aliphatic rings. The molecule has 1 aromatic carbocycles. The second-order valence-corrected chi connectivity index (χ2v) is 13.6. The zero-order valence-corrected chi connectivity index (χ0v) is 26.8. The van der Waals surface area contributed by atoms with Crippen LogP contribution in [0.2, 0.25) is 0 Å². The number of benzene rings is 1. The van der Waals surface area contributed by atoms with Crippen LogP contribution in [0.4, 0.5) is 10.5 Å². The molecule has 2 N–H and O–H groups in total. The highest BCUT2D eigenvalue weighted by molar-refractivity contribution is 6.00. The molecule has 44 heavy (non-hydrogen) atoms. The SMILES string of the molecule is C[C@H](COC1CCC(CN2CCN(c3cccc4c3n(C)c(=O)n4C3CCC(=O)NC3=O)CC2)CC1)NC(=O)OC(C)(C)C. The van der Waals surface area contributed by atoms with Crippen molar-refractivity contribution in [3.05, 3.63) is 28.7 Å². The van der Waals surface area contributed by atoms with Gasteiger partial charge in [-0.05, 0) is 77.8 Å². The summed E-state index contributed by atoms with van der Waals surface area (Å²) >= 11 is 0. The zero-order valence-electron chi connectivity index (χ0n) is 26.8. The summed E-state index contributed by atoms with van der Waals surface area (Å²) in [6, 6.07) is 5.09. The Balaban J connectivity index is 1.10. The maximum absolute atomic E-state index is 13.3. The molecular weight excluding hydrogens is 564 g/mol. The van der Waals surface area contributed by atoms with Crippen molar-refractivity contribution < 1.29 is 23.9 Å². The minimum absolute atomic E-state index is 0.108. The lowest BCUT2D eigenvalue weighted by Gasteiger charge is -2.39. The van der Waals surface area contributed by atoms with Crippen LogP contribution in [-0.4, -0.2) is 89.0 Å². The first kappa shape index (κ1) is 32.0. The quantitative estimate of drug-likeness (QED) is 0.436. The first-order valence-corrected chi connectivity index (χ1v) is 16.0. The number of amides is 3. The van der Waals surface area contributed by atoms with Gasteiger partial charge in [-0.25, -0.2) is 9.59 Å². The molecule has 1 unspecified atom stereocenters. The smallest absolute Gasteiger partial charge is 0.407 e. The number of anilines is 1. The van der Waals surface area contributed by atoms with E-state index in [1.165, 1.54) is 0 Å². The van der Waals surface area contributed by atoms with E-state index >= 15 is 0 Å². The molecule has 0 bridgehead atoms. The molecule has 1 aliphatic carbocycles. The van der Waals surface area contributed by atoms with Crippen molar-refractivity contribution in [3.8, 4) is 0 Å². The van der Waals surface area contributed by atoms with Gasteiger partial charge in [0, 0.05) is 46.2 Å². The van der Waals surface area contributed by atoms with Gasteiger partial charge in [0.2, 0.25) is 11.8 Å². The van der Waals surface area contributed by atoms with Crippen molar-refractivity contribution in [1.82, 2.24) is 24.7 Å². The van der Waals surface area contributed by atoms with Gasteiger partial charge in [-0.2, -0.15) is 0 Å². The van der Waals surface area contributed by atoms with Gasteiger partial charge in [-0.15, -0.1) is 0 Å².